The molecule has 22 atom stereocenters. The van der Waals surface area contributed by atoms with Crippen molar-refractivity contribution < 1.29 is 129 Å². The number of aliphatic hydroxyl groups is 13. The number of carboxylic acids is 2. The number of ketones is 1. The summed E-state index contributed by atoms with van der Waals surface area (Å²) in [5.41, 5.74) is 0. The molecule has 4 aliphatic rings. The zero-order valence-corrected chi connectivity index (χ0v) is 38.5. The second kappa shape index (κ2) is 25.6. The molecule has 0 radical (unpaired) electrons. The molecule has 4 aliphatic heterocycles. The third-order valence-corrected chi connectivity index (χ3v) is 13.1. The fourth-order valence-corrected chi connectivity index (χ4v) is 8.72. The van der Waals surface area contributed by atoms with Crippen LogP contribution in [0.4, 0.5) is 0 Å². The first kappa shape index (κ1) is 58.6. The Morgan fingerprint density at radius 1 is 0.721 bits per heavy atom. The molecule has 68 heavy (non-hydrogen) atoms. The highest BCUT2D eigenvalue weighted by molar-refractivity contribution is 7.80. The molecule has 396 valence electrons. The summed E-state index contributed by atoms with van der Waals surface area (Å²) in [5.74, 6) is -11.9. The minimum atomic E-state index is -3.14. The Hall–Kier alpha value is -1.92. The lowest BCUT2D eigenvalue weighted by atomic mass is 9.83. The van der Waals surface area contributed by atoms with Gasteiger partial charge < -0.3 is 110 Å². The predicted octanol–water partition coefficient (Wildman–Crippen LogP) is -6.86. The van der Waals surface area contributed by atoms with Crippen LogP contribution in [0.15, 0.2) is 0 Å². The summed E-state index contributed by atoms with van der Waals surface area (Å²) in [7, 11) is 1.35. The van der Waals surface area contributed by atoms with Crippen molar-refractivity contribution >= 4 is 30.4 Å². The van der Waals surface area contributed by atoms with E-state index in [0.717, 1.165) is 5.06 Å². The molecule has 4 heterocycles. The lowest BCUT2D eigenvalue weighted by molar-refractivity contribution is -0.391. The summed E-state index contributed by atoms with van der Waals surface area (Å²) in [6.07, 6.45) is -34.7. The summed E-state index contributed by atoms with van der Waals surface area (Å²) >= 11 is 4.08. The lowest BCUT2D eigenvalue weighted by Gasteiger charge is -2.51. The van der Waals surface area contributed by atoms with E-state index in [1.165, 1.54) is 20.9 Å². The van der Waals surface area contributed by atoms with Crippen LogP contribution in [0.3, 0.4) is 0 Å². The first-order valence-corrected chi connectivity index (χ1v) is 22.8. The van der Waals surface area contributed by atoms with Gasteiger partial charge in [-0.2, -0.15) is 17.7 Å². The zero-order chi connectivity index (χ0) is 51.0. The quantitative estimate of drug-likeness (QED) is 0.0230. The lowest BCUT2D eigenvalue weighted by Crippen LogP contribution is -2.69. The molecule has 0 spiro atoms. The zero-order valence-electron chi connectivity index (χ0n) is 37.6. The Bertz CT molecular complexity index is 1610. The molecule has 4 fully saturated rings. The number of hydroxylamine groups is 2. The maximum Gasteiger partial charge on any atom is 0.364 e. The van der Waals surface area contributed by atoms with Crippen LogP contribution in [-0.4, -0.2) is 267 Å². The average molecular weight is 1010 g/mol. The van der Waals surface area contributed by atoms with E-state index in [0.29, 0.717) is 25.0 Å². The number of carboxylic acid groups (broad SMARTS) is 2. The van der Waals surface area contributed by atoms with Crippen LogP contribution in [0.5, 0.6) is 0 Å². The van der Waals surface area contributed by atoms with Crippen molar-refractivity contribution in [3.8, 4) is 0 Å². The number of Topliss-reactive ketones (excluding diaryl/α,β-unsaturated/α-hetero) is 1. The van der Waals surface area contributed by atoms with E-state index in [1.54, 1.807) is 0 Å². The Morgan fingerprint density at radius 3 is 1.82 bits per heavy atom. The SMILES string of the molecule is C[C@@H]1C(O)C[C@](O[C@H](CO)[C@@H](O)[C@@H]2O[C@@](O[C@@H]3C(O)[C@H](O[C@@H]4C(CO)O[C@@H](N(C)OCCCC(=O)CCCS)C(O)[C@H]4O)OC(CO)[C@@H]3O)(C(=O)O)CC(O)[C@H]2C)(C(=O)O)O[C@H]1[C@H](O)[C@H](O)CO. The maximum atomic E-state index is 13.2. The molecule has 6 unspecified atom stereocenters. The fraction of sp³-hybridized carbons (Fsp3) is 0.925. The third-order valence-electron chi connectivity index (χ3n) is 12.8. The highest BCUT2D eigenvalue weighted by Crippen LogP contribution is 2.42. The van der Waals surface area contributed by atoms with Crippen LogP contribution < -0.4 is 0 Å². The Morgan fingerprint density at radius 2 is 1.28 bits per heavy atom. The van der Waals surface area contributed by atoms with E-state index in [-0.39, 0.29) is 18.8 Å². The van der Waals surface area contributed by atoms with Crippen molar-refractivity contribution in [1.82, 2.24) is 5.06 Å². The van der Waals surface area contributed by atoms with Crippen LogP contribution >= 0.6 is 12.6 Å². The number of hydrogen-bond donors (Lipinski definition) is 16. The number of rotatable bonds is 25. The molecule has 0 aromatic heterocycles. The normalized spacial score (nSPS) is 40.9. The number of carbonyl (C=O) groups is 3. The number of nitrogens with zero attached hydrogens (tertiary/aromatic N) is 1. The van der Waals surface area contributed by atoms with Crippen LogP contribution in [0, 0.1) is 11.8 Å². The van der Waals surface area contributed by atoms with E-state index in [2.05, 4.69) is 12.6 Å². The van der Waals surface area contributed by atoms with Gasteiger partial charge in [0.15, 0.2) is 12.5 Å². The largest absolute Gasteiger partial charge is 0.477 e. The molecule has 0 aromatic carbocycles. The Kier molecular flexibility index (Phi) is 22.1. The standard InChI is InChI=1S/C40H69NO26S/c1-16-19(47)10-39(37(56)57,65-31(16)25(50)21(49)12-42)64-23(14-44)27(52)32-17(2)20(48)11-40(66-32,38(58)59)67-34-26(51)22(13-43)62-36(30(34)55)63-33-24(15-45)61-35(29(54)28(33)53)41(3)60-8-4-6-18(46)7-5-9-68/h16-17,19-36,42-45,47-55,68H,4-15H2,1-3H3,(H,56,57)(H,58,59)/t16-,17-,19?,20?,21-,22?,23-,24?,25-,26+,27-,28-,29?,30?,31-,32-,33-,34+,35-,36+,39-,40+/m1/s1. The summed E-state index contributed by atoms with van der Waals surface area (Å²) in [5, 5.41) is 162. The number of hydrogen-bond acceptors (Lipinski definition) is 26. The number of aliphatic carboxylic acids is 2. The van der Waals surface area contributed by atoms with Gasteiger partial charge in [-0.05, 0) is 18.6 Å². The monoisotopic (exact) mass is 1010 g/mol. The number of thiol groups is 1. The first-order chi connectivity index (χ1) is 32.0. The molecule has 15 N–H and O–H groups in total. The maximum absolute atomic E-state index is 13.2. The molecule has 27 nitrogen and oxygen atoms in total. The van der Waals surface area contributed by atoms with E-state index >= 15 is 0 Å². The third kappa shape index (κ3) is 13.2. The Balaban J connectivity index is 1.55. The summed E-state index contributed by atoms with van der Waals surface area (Å²) in [4.78, 5) is 43.5. The van der Waals surface area contributed by atoms with E-state index in [9.17, 15) is 91.0 Å². The van der Waals surface area contributed by atoms with Gasteiger partial charge in [-0.1, -0.05) is 13.8 Å². The topological polar surface area (TPSA) is 432 Å². The smallest absolute Gasteiger partial charge is 0.364 e. The van der Waals surface area contributed by atoms with E-state index < -0.39 is 185 Å². The van der Waals surface area contributed by atoms with E-state index in [4.69, 9.17) is 38.0 Å². The van der Waals surface area contributed by atoms with Crippen molar-refractivity contribution in [3.63, 3.8) is 0 Å². The van der Waals surface area contributed by atoms with Crippen LogP contribution in [-0.2, 0) is 52.4 Å². The highest BCUT2D eigenvalue weighted by atomic mass is 32.1. The fourth-order valence-electron chi connectivity index (χ4n) is 8.57. The molecule has 28 heteroatoms. The van der Waals surface area contributed by atoms with Crippen molar-refractivity contribution in [2.24, 2.45) is 11.8 Å². The summed E-state index contributed by atoms with van der Waals surface area (Å²) in [6.45, 7) is -1.59. The molecule has 0 saturated carbocycles. The van der Waals surface area contributed by atoms with Crippen molar-refractivity contribution in [2.45, 2.75) is 174 Å². The molecule has 0 aromatic rings. The number of carbonyl (C=O) groups excluding carboxylic acids is 1. The molecule has 0 aliphatic carbocycles. The van der Waals surface area contributed by atoms with Crippen LogP contribution in [0.25, 0.3) is 0 Å². The van der Waals surface area contributed by atoms with Gasteiger partial charge in [0.1, 0.15) is 79.0 Å². The van der Waals surface area contributed by atoms with Gasteiger partial charge in [-0.3, -0.25) is 9.63 Å². The van der Waals surface area contributed by atoms with Gasteiger partial charge in [0.05, 0.1) is 57.5 Å². The molecular weight excluding hydrogens is 942 g/mol. The van der Waals surface area contributed by atoms with Gasteiger partial charge in [0.25, 0.3) is 11.6 Å². The summed E-state index contributed by atoms with van der Waals surface area (Å²) < 4.78 is 39.9. The van der Waals surface area contributed by atoms with Gasteiger partial charge in [-0.25, -0.2) is 9.59 Å². The van der Waals surface area contributed by atoms with Crippen molar-refractivity contribution in [2.75, 3.05) is 45.8 Å². The highest BCUT2D eigenvalue weighted by Gasteiger charge is 2.61. The van der Waals surface area contributed by atoms with Gasteiger partial charge in [0, 0.05) is 44.6 Å². The number of ether oxygens (including phenoxy) is 7. The number of aliphatic hydroxyl groups excluding tert-OH is 13. The van der Waals surface area contributed by atoms with Gasteiger partial charge >= 0.3 is 11.9 Å². The number of likely N-dealkylation sites (N-methyl/N-ethyl adjacent to an activating group) is 1. The van der Waals surface area contributed by atoms with Crippen LogP contribution in [0.2, 0.25) is 0 Å². The minimum Gasteiger partial charge on any atom is -0.477 e. The van der Waals surface area contributed by atoms with Gasteiger partial charge in [0.2, 0.25) is 0 Å². The molecule has 0 bridgehead atoms. The molecule has 4 rings (SSSR count). The molecule has 0 amide bonds. The van der Waals surface area contributed by atoms with Crippen molar-refractivity contribution in [1.29, 1.82) is 0 Å². The summed E-state index contributed by atoms with van der Waals surface area (Å²) in [6, 6.07) is 0. The van der Waals surface area contributed by atoms with E-state index in [1.807, 2.05) is 0 Å². The Labute approximate surface area is 395 Å². The first-order valence-electron chi connectivity index (χ1n) is 22.2. The average Bonchev–Trinajstić information content (AvgIpc) is 3.31. The molecular formula is C40H69NO26S. The second-order valence-electron chi connectivity index (χ2n) is 17.6. The minimum absolute atomic E-state index is 0.000403. The van der Waals surface area contributed by atoms with Crippen molar-refractivity contribution in [3.05, 3.63) is 0 Å². The molecule has 4 saturated heterocycles. The van der Waals surface area contributed by atoms with Crippen LogP contribution in [0.1, 0.15) is 52.4 Å². The second-order valence-corrected chi connectivity index (χ2v) is 18.0. The predicted molar refractivity (Wildman–Crippen MR) is 223 cm³/mol. The van der Waals surface area contributed by atoms with Gasteiger partial charge in [-0.15, -0.1) is 0 Å².